The number of hydrogen-bond donors (Lipinski definition) is 0. The molecule has 0 saturated carbocycles. The molecule has 0 atom stereocenters. The van der Waals surface area contributed by atoms with Crippen LogP contribution in [0.3, 0.4) is 0 Å². The number of ketones is 1. The van der Waals surface area contributed by atoms with Gasteiger partial charge in [-0.2, -0.15) is 0 Å². The summed E-state index contributed by atoms with van der Waals surface area (Å²) in [6.07, 6.45) is 1.79. The summed E-state index contributed by atoms with van der Waals surface area (Å²) in [4.78, 5) is 26.4. The van der Waals surface area contributed by atoms with E-state index in [1.54, 1.807) is 18.2 Å². The van der Waals surface area contributed by atoms with Gasteiger partial charge in [-0.15, -0.1) is 0 Å². The monoisotopic (exact) mass is 258 g/mol. The Kier molecular flexibility index (Phi) is 3.55. The Morgan fingerprint density at radius 1 is 1.37 bits per heavy atom. The zero-order valence-corrected chi connectivity index (χ0v) is 10.8. The van der Waals surface area contributed by atoms with Crippen LogP contribution >= 0.6 is 0 Å². The van der Waals surface area contributed by atoms with Crippen LogP contribution in [0.25, 0.3) is 10.9 Å². The van der Waals surface area contributed by atoms with E-state index in [0.717, 1.165) is 5.56 Å². The maximum atomic E-state index is 11.8. The van der Waals surface area contributed by atoms with Gasteiger partial charge in [0.2, 0.25) is 0 Å². The van der Waals surface area contributed by atoms with Crippen molar-refractivity contribution in [2.75, 3.05) is 0 Å². The first-order chi connectivity index (χ1) is 9.00. The molecule has 0 amide bonds. The van der Waals surface area contributed by atoms with Gasteiger partial charge in [0.1, 0.15) is 11.3 Å². The van der Waals surface area contributed by atoms with Crippen LogP contribution < -0.4 is 0 Å². The molecule has 19 heavy (non-hydrogen) atoms. The summed E-state index contributed by atoms with van der Waals surface area (Å²) in [5, 5.41) is 11.6. The van der Waals surface area contributed by atoms with Crippen molar-refractivity contribution in [3.63, 3.8) is 0 Å². The van der Waals surface area contributed by atoms with Gasteiger partial charge in [0.15, 0.2) is 0 Å². The molecular weight excluding hydrogens is 244 g/mol. The molecule has 0 N–H and O–H groups in total. The molecule has 5 heteroatoms. The third kappa shape index (κ3) is 2.59. The quantitative estimate of drug-likeness (QED) is 0.624. The predicted octanol–water partition coefficient (Wildman–Crippen LogP) is 2.91. The van der Waals surface area contributed by atoms with Gasteiger partial charge in [-0.05, 0) is 11.6 Å². The Labute approximate surface area is 110 Å². The van der Waals surface area contributed by atoms with E-state index in [2.05, 4.69) is 4.98 Å². The highest BCUT2D eigenvalue weighted by molar-refractivity contribution is 5.93. The standard InChI is InChI=1S/C14H14N2O3/c1-9(2)13(17)8-10-5-6-12(16(18)19)14-11(10)4-3-7-15-14/h3-7,9H,8H2,1-2H3. The van der Waals surface area contributed by atoms with E-state index in [4.69, 9.17) is 0 Å². The molecule has 0 saturated heterocycles. The largest absolute Gasteiger partial charge is 0.299 e. The van der Waals surface area contributed by atoms with Crippen LogP contribution in [0, 0.1) is 16.0 Å². The second-order valence-corrected chi connectivity index (χ2v) is 4.70. The maximum Gasteiger partial charge on any atom is 0.295 e. The first-order valence-electron chi connectivity index (χ1n) is 6.04. The minimum Gasteiger partial charge on any atom is -0.299 e. The summed E-state index contributed by atoms with van der Waals surface area (Å²) in [5.74, 6) is 0.0564. The average Bonchev–Trinajstić information content (AvgIpc) is 2.38. The molecule has 0 fully saturated rings. The van der Waals surface area contributed by atoms with Crippen LogP contribution in [0.1, 0.15) is 19.4 Å². The highest BCUT2D eigenvalue weighted by Gasteiger charge is 2.17. The molecule has 1 heterocycles. The van der Waals surface area contributed by atoms with Gasteiger partial charge in [0.05, 0.1) is 4.92 Å². The maximum absolute atomic E-state index is 11.8. The van der Waals surface area contributed by atoms with E-state index >= 15 is 0 Å². The van der Waals surface area contributed by atoms with E-state index < -0.39 is 4.92 Å². The summed E-state index contributed by atoms with van der Waals surface area (Å²) in [6, 6.07) is 6.54. The molecule has 1 aromatic heterocycles. The molecule has 2 aromatic rings. The average molecular weight is 258 g/mol. The van der Waals surface area contributed by atoms with Crippen LogP contribution in [0.4, 0.5) is 5.69 Å². The molecule has 98 valence electrons. The fourth-order valence-corrected chi connectivity index (χ4v) is 1.91. The summed E-state index contributed by atoms with van der Waals surface area (Å²) in [5.41, 5.74) is 1.09. The van der Waals surface area contributed by atoms with Gasteiger partial charge >= 0.3 is 0 Å². The Morgan fingerprint density at radius 2 is 2.11 bits per heavy atom. The number of carbonyl (C=O) groups is 1. The van der Waals surface area contributed by atoms with Crippen LogP contribution in [-0.2, 0) is 11.2 Å². The number of pyridine rings is 1. The van der Waals surface area contributed by atoms with Crippen LogP contribution in [0.5, 0.6) is 0 Å². The lowest BCUT2D eigenvalue weighted by Crippen LogP contribution is -2.10. The molecule has 0 unspecified atom stereocenters. The van der Waals surface area contributed by atoms with E-state index in [1.807, 2.05) is 13.8 Å². The first-order valence-corrected chi connectivity index (χ1v) is 6.04. The number of Topliss-reactive ketones (excluding diaryl/α,β-unsaturated/α-hetero) is 1. The zero-order valence-electron chi connectivity index (χ0n) is 10.8. The van der Waals surface area contributed by atoms with E-state index in [9.17, 15) is 14.9 Å². The lowest BCUT2D eigenvalue weighted by Gasteiger charge is -2.07. The van der Waals surface area contributed by atoms with Crippen LogP contribution in [-0.4, -0.2) is 15.7 Å². The van der Waals surface area contributed by atoms with Gasteiger partial charge < -0.3 is 0 Å². The normalized spacial score (nSPS) is 10.9. The van der Waals surface area contributed by atoms with Gasteiger partial charge in [0, 0.05) is 30.0 Å². The second-order valence-electron chi connectivity index (χ2n) is 4.70. The summed E-state index contributed by atoms with van der Waals surface area (Å²) in [7, 11) is 0. The molecule has 0 aliphatic carbocycles. The molecule has 0 aliphatic rings. The number of nitro benzene ring substituents is 1. The molecule has 2 rings (SSSR count). The lowest BCUT2D eigenvalue weighted by atomic mass is 9.97. The minimum absolute atomic E-state index is 0.0312. The van der Waals surface area contributed by atoms with Crippen molar-refractivity contribution >= 4 is 22.4 Å². The Bertz CT molecular complexity index is 650. The van der Waals surface area contributed by atoms with Crippen molar-refractivity contribution in [1.29, 1.82) is 0 Å². The smallest absolute Gasteiger partial charge is 0.295 e. The topological polar surface area (TPSA) is 73.1 Å². The number of non-ortho nitro benzene ring substituents is 1. The van der Waals surface area contributed by atoms with Crippen molar-refractivity contribution < 1.29 is 9.72 Å². The molecule has 0 aliphatic heterocycles. The SMILES string of the molecule is CC(C)C(=O)Cc1ccc([N+](=O)[O-])c2ncccc12. The summed E-state index contributed by atoms with van der Waals surface area (Å²) >= 11 is 0. The molecule has 0 spiro atoms. The van der Waals surface area contributed by atoms with E-state index in [1.165, 1.54) is 12.3 Å². The van der Waals surface area contributed by atoms with Crippen LogP contribution in [0.2, 0.25) is 0 Å². The number of fused-ring (bicyclic) bond motifs is 1. The fraction of sp³-hybridized carbons (Fsp3) is 0.286. The Morgan fingerprint density at radius 3 is 2.74 bits per heavy atom. The molecule has 0 radical (unpaired) electrons. The van der Waals surface area contributed by atoms with Gasteiger partial charge in [-0.25, -0.2) is 4.98 Å². The van der Waals surface area contributed by atoms with Crippen molar-refractivity contribution in [3.8, 4) is 0 Å². The number of rotatable bonds is 4. The Balaban J connectivity index is 2.56. The number of benzene rings is 1. The zero-order chi connectivity index (χ0) is 14.0. The number of nitro groups is 1. The predicted molar refractivity (Wildman–Crippen MR) is 71.9 cm³/mol. The first kappa shape index (κ1) is 13.1. The van der Waals surface area contributed by atoms with Crippen molar-refractivity contribution in [2.45, 2.75) is 20.3 Å². The minimum atomic E-state index is -0.455. The Hall–Kier alpha value is -2.30. The van der Waals surface area contributed by atoms with E-state index in [-0.39, 0.29) is 23.8 Å². The van der Waals surface area contributed by atoms with Crippen molar-refractivity contribution in [3.05, 3.63) is 46.1 Å². The molecule has 5 nitrogen and oxygen atoms in total. The number of nitrogens with zero attached hydrogens (tertiary/aromatic N) is 2. The molecular formula is C14H14N2O3. The van der Waals surface area contributed by atoms with E-state index in [0.29, 0.717) is 10.9 Å². The van der Waals surface area contributed by atoms with Gasteiger partial charge in [0.25, 0.3) is 5.69 Å². The van der Waals surface area contributed by atoms with Crippen molar-refractivity contribution in [1.82, 2.24) is 4.98 Å². The highest BCUT2D eigenvalue weighted by atomic mass is 16.6. The fourth-order valence-electron chi connectivity index (χ4n) is 1.91. The van der Waals surface area contributed by atoms with Gasteiger partial charge in [-0.1, -0.05) is 26.0 Å². The van der Waals surface area contributed by atoms with Crippen LogP contribution in [0.15, 0.2) is 30.5 Å². The number of carbonyl (C=O) groups excluding carboxylic acids is 1. The molecule has 0 bridgehead atoms. The number of hydrogen-bond acceptors (Lipinski definition) is 4. The highest BCUT2D eigenvalue weighted by Crippen LogP contribution is 2.27. The second kappa shape index (κ2) is 5.14. The van der Waals surface area contributed by atoms with Crippen molar-refractivity contribution in [2.24, 2.45) is 5.92 Å². The summed E-state index contributed by atoms with van der Waals surface area (Å²) < 4.78 is 0. The third-order valence-corrected chi connectivity index (χ3v) is 3.04. The summed E-state index contributed by atoms with van der Waals surface area (Å²) in [6.45, 7) is 3.68. The molecule has 1 aromatic carbocycles. The number of aromatic nitrogens is 1. The van der Waals surface area contributed by atoms with Gasteiger partial charge in [-0.3, -0.25) is 14.9 Å². The lowest BCUT2D eigenvalue weighted by molar-refractivity contribution is -0.383. The third-order valence-electron chi connectivity index (χ3n) is 3.04.